The van der Waals surface area contributed by atoms with Gasteiger partial charge in [0.15, 0.2) is 5.76 Å². The van der Waals surface area contributed by atoms with E-state index < -0.39 is 0 Å². The van der Waals surface area contributed by atoms with Crippen LogP contribution in [0.4, 0.5) is 0 Å². The highest BCUT2D eigenvalue weighted by atomic mass is 16.5. The van der Waals surface area contributed by atoms with Crippen molar-refractivity contribution in [3.8, 4) is 5.75 Å². The minimum Gasteiger partial charge on any atom is -0.497 e. The molecule has 0 spiro atoms. The van der Waals surface area contributed by atoms with E-state index in [9.17, 15) is 4.79 Å². The van der Waals surface area contributed by atoms with E-state index in [1.54, 1.807) is 13.2 Å². The summed E-state index contributed by atoms with van der Waals surface area (Å²) in [4.78, 5) is 19.1. The zero-order valence-electron chi connectivity index (χ0n) is 13.9. The van der Waals surface area contributed by atoms with E-state index >= 15 is 0 Å². The molecule has 0 radical (unpaired) electrons. The molecule has 1 aliphatic heterocycles. The van der Waals surface area contributed by atoms with Crippen molar-refractivity contribution in [3.63, 3.8) is 0 Å². The van der Waals surface area contributed by atoms with Crippen LogP contribution in [0.1, 0.15) is 30.3 Å². The van der Waals surface area contributed by atoms with Crippen molar-refractivity contribution >= 4 is 27.9 Å². The number of methoxy groups -OCH3 is 1. The zero-order valence-corrected chi connectivity index (χ0v) is 13.9. The largest absolute Gasteiger partial charge is 0.497 e. The van der Waals surface area contributed by atoms with Gasteiger partial charge in [-0.05, 0) is 49.1 Å². The van der Waals surface area contributed by atoms with Gasteiger partial charge in [0, 0.05) is 23.9 Å². The normalized spacial score (nSPS) is 18.2. The lowest BCUT2D eigenvalue weighted by molar-refractivity contribution is 0.0653. The molecule has 5 nitrogen and oxygen atoms in total. The van der Waals surface area contributed by atoms with Gasteiger partial charge in [0.2, 0.25) is 5.71 Å². The van der Waals surface area contributed by atoms with Gasteiger partial charge in [0.1, 0.15) is 5.75 Å². The average Bonchev–Trinajstić information content (AvgIpc) is 3.01. The number of carbonyl (C=O) groups is 1. The van der Waals surface area contributed by atoms with E-state index in [0.29, 0.717) is 17.4 Å². The highest BCUT2D eigenvalue weighted by Crippen LogP contribution is 2.27. The van der Waals surface area contributed by atoms with E-state index in [0.717, 1.165) is 41.5 Å². The minimum absolute atomic E-state index is 0.0406. The van der Waals surface area contributed by atoms with E-state index in [-0.39, 0.29) is 5.91 Å². The molecule has 3 heterocycles. The first kappa shape index (κ1) is 15.0. The standard InChI is InChI=1S/C19H20N2O3/c1-12-4-3-7-21(11-12)19(22)17-10-14-8-13-9-15(23-2)5-6-16(13)20-18(14)24-17/h5-6,8-10,12H,3-4,7,11H2,1-2H3. The predicted molar refractivity (Wildman–Crippen MR) is 92.4 cm³/mol. The van der Waals surface area contributed by atoms with Gasteiger partial charge in [-0.25, -0.2) is 4.98 Å². The van der Waals surface area contributed by atoms with Crippen LogP contribution in [0.5, 0.6) is 5.75 Å². The Kier molecular flexibility index (Phi) is 3.63. The van der Waals surface area contributed by atoms with Crippen molar-refractivity contribution in [1.29, 1.82) is 0 Å². The van der Waals surface area contributed by atoms with Gasteiger partial charge >= 0.3 is 0 Å². The Morgan fingerprint density at radius 3 is 2.96 bits per heavy atom. The van der Waals surface area contributed by atoms with Crippen LogP contribution in [0.3, 0.4) is 0 Å². The van der Waals surface area contributed by atoms with Crippen LogP contribution in [0.15, 0.2) is 34.7 Å². The minimum atomic E-state index is -0.0406. The Balaban J connectivity index is 1.71. The molecule has 2 aromatic heterocycles. The average molecular weight is 324 g/mol. The van der Waals surface area contributed by atoms with E-state index in [1.807, 2.05) is 29.2 Å². The number of piperidine rings is 1. The number of carbonyl (C=O) groups excluding carboxylic acids is 1. The molecule has 1 atom stereocenters. The number of amides is 1. The number of furan rings is 1. The number of aromatic nitrogens is 1. The molecule has 0 saturated carbocycles. The first-order chi connectivity index (χ1) is 11.6. The SMILES string of the molecule is COc1ccc2nc3oc(C(=O)N4CCCC(C)C4)cc3cc2c1. The highest BCUT2D eigenvalue weighted by molar-refractivity contribution is 5.98. The summed E-state index contributed by atoms with van der Waals surface area (Å²) in [5.74, 6) is 1.65. The van der Waals surface area contributed by atoms with Crippen LogP contribution in [-0.2, 0) is 0 Å². The molecule has 124 valence electrons. The molecule has 0 aliphatic carbocycles. The Morgan fingerprint density at radius 1 is 1.29 bits per heavy atom. The molecular weight excluding hydrogens is 304 g/mol. The summed E-state index contributed by atoms with van der Waals surface area (Å²) in [6.07, 6.45) is 2.23. The number of likely N-dealkylation sites (tertiary alicyclic amines) is 1. The molecule has 0 bridgehead atoms. The molecule has 1 aromatic carbocycles. The number of hydrogen-bond acceptors (Lipinski definition) is 4. The quantitative estimate of drug-likeness (QED) is 0.718. The molecule has 1 aliphatic rings. The second-order valence-electron chi connectivity index (χ2n) is 6.55. The van der Waals surface area contributed by atoms with Crippen molar-refractivity contribution in [1.82, 2.24) is 9.88 Å². The second kappa shape index (κ2) is 5.82. The summed E-state index contributed by atoms with van der Waals surface area (Å²) in [5.41, 5.74) is 1.32. The number of pyridine rings is 1. The smallest absolute Gasteiger partial charge is 0.289 e. The van der Waals surface area contributed by atoms with Crippen molar-refractivity contribution in [2.75, 3.05) is 20.2 Å². The fourth-order valence-corrected chi connectivity index (χ4v) is 3.38. The van der Waals surface area contributed by atoms with Crippen LogP contribution in [-0.4, -0.2) is 36.0 Å². The molecule has 3 aromatic rings. The maximum atomic E-state index is 12.7. The van der Waals surface area contributed by atoms with Gasteiger partial charge in [-0.1, -0.05) is 6.92 Å². The van der Waals surface area contributed by atoms with Gasteiger partial charge in [-0.2, -0.15) is 0 Å². The van der Waals surface area contributed by atoms with Crippen LogP contribution >= 0.6 is 0 Å². The monoisotopic (exact) mass is 324 g/mol. The predicted octanol–water partition coefficient (Wildman–Crippen LogP) is 3.86. The molecule has 4 rings (SSSR count). The molecule has 0 N–H and O–H groups in total. The fourth-order valence-electron chi connectivity index (χ4n) is 3.38. The summed E-state index contributed by atoms with van der Waals surface area (Å²) in [6.45, 7) is 3.77. The number of ether oxygens (including phenoxy) is 1. The first-order valence-electron chi connectivity index (χ1n) is 8.31. The Hall–Kier alpha value is -2.56. The highest BCUT2D eigenvalue weighted by Gasteiger charge is 2.24. The molecule has 1 amide bonds. The molecule has 24 heavy (non-hydrogen) atoms. The van der Waals surface area contributed by atoms with E-state index in [2.05, 4.69) is 11.9 Å². The van der Waals surface area contributed by atoms with E-state index in [4.69, 9.17) is 9.15 Å². The van der Waals surface area contributed by atoms with Gasteiger partial charge in [-0.15, -0.1) is 0 Å². The Bertz CT molecular complexity index is 916. The van der Waals surface area contributed by atoms with Crippen LogP contribution in [0.25, 0.3) is 22.0 Å². The molecule has 1 fully saturated rings. The summed E-state index contributed by atoms with van der Waals surface area (Å²) in [7, 11) is 1.64. The lowest BCUT2D eigenvalue weighted by Crippen LogP contribution is -2.38. The Labute approximate surface area is 140 Å². The van der Waals surface area contributed by atoms with Crippen molar-refractivity contribution in [2.24, 2.45) is 5.92 Å². The molecule has 1 unspecified atom stereocenters. The van der Waals surface area contributed by atoms with Gasteiger partial charge < -0.3 is 14.1 Å². The third-order valence-electron chi connectivity index (χ3n) is 4.66. The summed E-state index contributed by atoms with van der Waals surface area (Å²) >= 11 is 0. The molecule has 5 heteroatoms. The molecular formula is C19H20N2O3. The third-order valence-corrected chi connectivity index (χ3v) is 4.66. The topological polar surface area (TPSA) is 55.6 Å². The van der Waals surface area contributed by atoms with Gasteiger partial charge in [-0.3, -0.25) is 4.79 Å². The third kappa shape index (κ3) is 2.60. The lowest BCUT2D eigenvalue weighted by Gasteiger charge is -2.30. The summed E-state index contributed by atoms with van der Waals surface area (Å²) < 4.78 is 11.0. The van der Waals surface area contributed by atoms with Crippen LogP contribution < -0.4 is 4.74 Å². The van der Waals surface area contributed by atoms with Crippen molar-refractivity contribution in [3.05, 3.63) is 36.1 Å². The van der Waals surface area contributed by atoms with Gasteiger partial charge in [0.05, 0.1) is 12.6 Å². The first-order valence-corrected chi connectivity index (χ1v) is 8.31. The zero-order chi connectivity index (χ0) is 16.7. The number of hydrogen-bond donors (Lipinski definition) is 0. The fraction of sp³-hybridized carbons (Fsp3) is 0.368. The van der Waals surface area contributed by atoms with Crippen LogP contribution in [0.2, 0.25) is 0 Å². The van der Waals surface area contributed by atoms with Gasteiger partial charge in [0.25, 0.3) is 5.91 Å². The summed E-state index contributed by atoms with van der Waals surface area (Å²) in [6, 6.07) is 9.47. The Morgan fingerprint density at radius 2 is 2.17 bits per heavy atom. The van der Waals surface area contributed by atoms with Crippen molar-refractivity contribution < 1.29 is 13.9 Å². The number of nitrogens with zero attached hydrogens (tertiary/aromatic N) is 2. The maximum Gasteiger partial charge on any atom is 0.289 e. The van der Waals surface area contributed by atoms with E-state index in [1.165, 1.54) is 6.42 Å². The number of fused-ring (bicyclic) bond motifs is 2. The van der Waals surface area contributed by atoms with Crippen LogP contribution in [0, 0.1) is 5.92 Å². The maximum absolute atomic E-state index is 12.7. The van der Waals surface area contributed by atoms with Crippen molar-refractivity contribution in [2.45, 2.75) is 19.8 Å². The molecule has 1 saturated heterocycles. The second-order valence-corrected chi connectivity index (χ2v) is 6.55. The lowest BCUT2D eigenvalue weighted by atomic mass is 10.0. The number of benzene rings is 1. The number of rotatable bonds is 2. The summed E-state index contributed by atoms with van der Waals surface area (Å²) in [5, 5.41) is 1.80.